The molecular weight excluding hydrogens is 392 g/mol. The van der Waals surface area contributed by atoms with Crippen molar-refractivity contribution in [1.82, 2.24) is 0 Å². The van der Waals surface area contributed by atoms with Gasteiger partial charge in [0.2, 0.25) is 0 Å². The van der Waals surface area contributed by atoms with Gasteiger partial charge in [0.1, 0.15) is 0 Å². The highest BCUT2D eigenvalue weighted by molar-refractivity contribution is 5.98. The Bertz CT molecular complexity index is 1010. The van der Waals surface area contributed by atoms with Crippen molar-refractivity contribution in [3.05, 3.63) is 101 Å². The number of hydrogen-bond donors (Lipinski definition) is 0. The van der Waals surface area contributed by atoms with Crippen LogP contribution in [-0.4, -0.2) is 34.0 Å². The molecule has 0 saturated carbocycles. The van der Waals surface area contributed by atoms with Crippen LogP contribution >= 0.6 is 0 Å². The highest BCUT2D eigenvalue weighted by Gasteiger charge is 2.15. The van der Waals surface area contributed by atoms with Crippen molar-refractivity contribution in [3.8, 4) is 0 Å². The summed E-state index contributed by atoms with van der Waals surface area (Å²) in [7, 11) is 8.18. The number of Topliss-reactive ketones (excluding diaryl/α,β-unsaturated/α-hetero) is 1. The smallest absolute Gasteiger partial charge is 0.165 e. The van der Waals surface area contributed by atoms with Gasteiger partial charge < -0.3 is 9.80 Å². The molecule has 166 valence electrons. The molecular formula is C29H34N2O. The molecule has 0 bridgehead atoms. The summed E-state index contributed by atoms with van der Waals surface area (Å²) in [4.78, 5) is 17.1. The van der Waals surface area contributed by atoms with E-state index in [0.29, 0.717) is 6.42 Å². The minimum atomic E-state index is -0.0881. The van der Waals surface area contributed by atoms with Crippen molar-refractivity contribution in [2.24, 2.45) is 5.92 Å². The predicted molar refractivity (Wildman–Crippen MR) is 138 cm³/mol. The molecule has 0 saturated heterocycles. The molecule has 0 radical (unpaired) electrons. The Morgan fingerprint density at radius 2 is 1.12 bits per heavy atom. The lowest BCUT2D eigenvalue weighted by atomic mass is 9.91. The molecule has 0 amide bonds. The molecule has 3 nitrogen and oxygen atoms in total. The van der Waals surface area contributed by atoms with Gasteiger partial charge in [-0.05, 0) is 54.3 Å². The van der Waals surface area contributed by atoms with Gasteiger partial charge in [-0.2, -0.15) is 0 Å². The molecule has 3 heteroatoms. The molecule has 0 heterocycles. The van der Waals surface area contributed by atoms with E-state index in [0.717, 1.165) is 22.3 Å². The summed E-state index contributed by atoms with van der Waals surface area (Å²) >= 11 is 0. The van der Waals surface area contributed by atoms with Crippen LogP contribution in [-0.2, 0) is 0 Å². The molecule has 0 spiro atoms. The van der Waals surface area contributed by atoms with E-state index in [2.05, 4.69) is 64.4 Å². The number of carbonyl (C=O) groups excluding carboxylic acids is 1. The Kier molecular flexibility index (Phi) is 7.53. The first kappa shape index (κ1) is 23.3. The van der Waals surface area contributed by atoms with Gasteiger partial charge in [0, 0.05) is 51.0 Å². The zero-order chi connectivity index (χ0) is 23.3. The van der Waals surface area contributed by atoms with Crippen LogP contribution < -0.4 is 9.80 Å². The highest BCUT2D eigenvalue weighted by Crippen LogP contribution is 2.28. The van der Waals surface area contributed by atoms with Crippen molar-refractivity contribution in [2.45, 2.75) is 20.3 Å². The van der Waals surface area contributed by atoms with E-state index in [4.69, 9.17) is 0 Å². The average molecular weight is 427 g/mol. The summed E-state index contributed by atoms with van der Waals surface area (Å²) in [6.45, 7) is 4.05. The number of allylic oxidation sites excluding steroid dienone is 1. The molecule has 0 aliphatic heterocycles. The predicted octanol–water partition coefficient (Wildman–Crippen LogP) is 6.47. The van der Waals surface area contributed by atoms with E-state index >= 15 is 0 Å². The van der Waals surface area contributed by atoms with Crippen molar-refractivity contribution in [1.29, 1.82) is 0 Å². The number of aryl methyl sites for hydroxylation is 1. The summed E-state index contributed by atoms with van der Waals surface area (Å²) < 4.78 is 0. The van der Waals surface area contributed by atoms with Crippen LogP contribution in [0.15, 0.2) is 78.9 Å². The van der Waals surface area contributed by atoms with Gasteiger partial charge in [-0.3, -0.25) is 4.79 Å². The molecule has 0 unspecified atom stereocenters. The first-order chi connectivity index (χ1) is 15.3. The fourth-order valence-corrected chi connectivity index (χ4v) is 3.68. The second kappa shape index (κ2) is 10.3. The Morgan fingerprint density at radius 3 is 1.53 bits per heavy atom. The summed E-state index contributed by atoms with van der Waals surface area (Å²) in [5.74, 6) is 0.0984. The lowest BCUT2D eigenvalue weighted by molar-refractivity contribution is 0.0931. The highest BCUT2D eigenvalue weighted by atomic mass is 16.1. The number of rotatable bonds is 8. The van der Waals surface area contributed by atoms with Gasteiger partial charge >= 0.3 is 0 Å². The van der Waals surface area contributed by atoms with Gasteiger partial charge in [0.25, 0.3) is 0 Å². The first-order valence-corrected chi connectivity index (χ1v) is 11.1. The molecule has 0 fully saturated rings. The van der Waals surface area contributed by atoms with Crippen LogP contribution in [0.1, 0.15) is 40.4 Å². The first-order valence-electron chi connectivity index (χ1n) is 11.1. The zero-order valence-corrected chi connectivity index (χ0v) is 20.1. The second-order valence-corrected chi connectivity index (χ2v) is 8.87. The van der Waals surface area contributed by atoms with Gasteiger partial charge in [0.15, 0.2) is 5.78 Å². The zero-order valence-electron chi connectivity index (χ0n) is 20.1. The van der Waals surface area contributed by atoms with Gasteiger partial charge in [-0.1, -0.05) is 67.1 Å². The Balaban J connectivity index is 1.91. The largest absolute Gasteiger partial charge is 0.378 e. The number of carbonyl (C=O) groups is 1. The summed E-state index contributed by atoms with van der Waals surface area (Å²) in [5, 5.41) is 0. The molecule has 3 rings (SSSR count). The maximum atomic E-state index is 12.9. The quantitative estimate of drug-likeness (QED) is 0.386. The van der Waals surface area contributed by atoms with Gasteiger partial charge in [-0.25, -0.2) is 0 Å². The minimum Gasteiger partial charge on any atom is -0.378 e. The Labute approximate surface area is 193 Å². The maximum absolute atomic E-state index is 12.9. The monoisotopic (exact) mass is 426 g/mol. The molecule has 3 aromatic carbocycles. The third kappa shape index (κ3) is 5.67. The SMILES string of the molecule is Cc1ccc(C(=O)[C@@H](C)CC=C(c2ccc(N(C)C)cc2)c2ccc(N(C)C)cc2)cc1. The molecule has 0 N–H and O–H groups in total. The average Bonchev–Trinajstić information content (AvgIpc) is 2.79. The third-order valence-corrected chi connectivity index (χ3v) is 5.85. The number of ketones is 1. The van der Waals surface area contributed by atoms with Crippen molar-refractivity contribution in [3.63, 3.8) is 0 Å². The normalized spacial score (nSPS) is 11.6. The number of hydrogen-bond acceptors (Lipinski definition) is 3. The molecule has 0 aliphatic carbocycles. The van der Waals surface area contributed by atoms with Crippen molar-refractivity contribution < 1.29 is 4.79 Å². The number of benzene rings is 3. The summed E-state index contributed by atoms with van der Waals surface area (Å²) in [5.41, 5.74) is 7.75. The van der Waals surface area contributed by atoms with E-state index in [1.54, 1.807) is 0 Å². The maximum Gasteiger partial charge on any atom is 0.165 e. The second-order valence-electron chi connectivity index (χ2n) is 8.87. The molecule has 0 aromatic heterocycles. The minimum absolute atomic E-state index is 0.0881. The Hall–Kier alpha value is -3.33. The third-order valence-electron chi connectivity index (χ3n) is 5.85. The fourth-order valence-electron chi connectivity index (χ4n) is 3.68. The van der Waals surface area contributed by atoms with Crippen LogP contribution in [0.2, 0.25) is 0 Å². The van der Waals surface area contributed by atoms with Crippen LogP contribution in [0, 0.1) is 12.8 Å². The molecule has 3 aromatic rings. The number of nitrogens with zero attached hydrogens (tertiary/aromatic N) is 2. The summed E-state index contributed by atoms with van der Waals surface area (Å²) in [6, 6.07) is 25.0. The Morgan fingerprint density at radius 1 is 0.719 bits per heavy atom. The van der Waals surface area contributed by atoms with E-state index < -0.39 is 0 Å². The van der Waals surface area contributed by atoms with E-state index in [1.807, 2.05) is 66.3 Å². The topological polar surface area (TPSA) is 23.6 Å². The van der Waals surface area contributed by atoms with Crippen LogP contribution in [0.4, 0.5) is 11.4 Å². The molecule has 32 heavy (non-hydrogen) atoms. The van der Waals surface area contributed by atoms with E-state index in [1.165, 1.54) is 16.9 Å². The van der Waals surface area contributed by atoms with Crippen LogP contribution in [0.5, 0.6) is 0 Å². The number of anilines is 2. The lowest BCUT2D eigenvalue weighted by Crippen LogP contribution is -2.11. The van der Waals surface area contributed by atoms with E-state index in [9.17, 15) is 4.79 Å². The van der Waals surface area contributed by atoms with Gasteiger partial charge in [0.05, 0.1) is 0 Å². The lowest BCUT2D eigenvalue weighted by Gasteiger charge is -2.17. The van der Waals surface area contributed by atoms with Crippen molar-refractivity contribution in [2.75, 3.05) is 38.0 Å². The van der Waals surface area contributed by atoms with Crippen molar-refractivity contribution >= 4 is 22.7 Å². The van der Waals surface area contributed by atoms with Crippen LogP contribution in [0.3, 0.4) is 0 Å². The van der Waals surface area contributed by atoms with Gasteiger partial charge in [-0.15, -0.1) is 0 Å². The van der Waals surface area contributed by atoms with Crippen LogP contribution in [0.25, 0.3) is 5.57 Å². The van der Waals surface area contributed by atoms with E-state index in [-0.39, 0.29) is 11.7 Å². The molecule has 0 aliphatic rings. The standard InChI is InChI=1S/C29H34N2O/c1-21-7-10-25(11-8-21)29(32)22(2)9-20-28(23-12-16-26(17-13-23)30(3)4)24-14-18-27(19-15-24)31(5)6/h7-8,10-20,22H,9H2,1-6H3/t22-/m0/s1. The fraction of sp³-hybridized carbons (Fsp3) is 0.276. The summed E-state index contributed by atoms with van der Waals surface area (Å²) in [6.07, 6.45) is 2.90. The molecule has 1 atom stereocenters.